The molecule has 3 heteroatoms. The van der Waals surface area contributed by atoms with Crippen molar-refractivity contribution in [3.8, 4) is 5.75 Å². The van der Waals surface area contributed by atoms with E-state index in [1.54, 1.807) is 19.1 Å². The number of para-hydroxylation sites is 1. The largest absolute Gasteiger partial charge is 0.488 e. The van der Waals surface area contributed by atoms with E-state index in [1.165, 1.54) is 0 Å². The topological polar surface area (TPSA) is 35.5 Å². The summed E-state index contributed by atoms with van der Waals surface area (Å²) in [5, 5.41) is 0. The molecule has 1 heterocycles. The average molecular weight is 204 g/mol. The first kappa shape index (κ1) is 9.77. The van der Waals surface area contributed by atoms with Gasteiger partial charge < -0.3 is 9.47 Å². The molecule has 2 rings (SSSR count). The van der Waals surface area contributed by atoms with E-state index in [1.807, 2.05) is 12.1 Å². The molecular weight excluding hydrogens is 192 g/mol. The summed E-state index contributed by atoms with van der Waals surface area (Å²) < 4.78 is 10.7. The van der Waals surface area contributed by atoms with Crippen LogP contribution in [0.5, 0.6) is 5.75 Å². The molecule has 0 saturated heterocycles. The van der Waals surface area contributed by atoms with Gasteiger partial charge in [-0.15, -0.1) is 0 Å². The second-order valence-electron chi connectivity index (χ2n) is 3.48. The molecule has 0 saturated carbocycles. The monoisotopic (exact) mass is 204 g/mol. The van der Waals surface area contributed by atoms with Gasteiger partial charge in [0.15, 0.2) is 6.10 Å². The number of fused-ring (bicyclic) bond motifs is 1. The van der Waals surface area contributed by atoms with E-state index in [2.05, 4.69) is 6.58 Å². The van der Waals surface area contributed by atoms with E-state index < -0.39 is 6.10 Å². The third-order valence-corrected chi connectivity index (χ3v) is 2.18. The van der Waals surface area contributed by atoms with Crippen LogP contribution < -0.4 is 4.74 Å². The number of benzene rings is 1. The van der Waals surface area contributed by atoms with Gasteiger partial charge in [0.1, 0.15) is 12.4 Å². The summed E-state index contributed by atoms with van der Waals surface area (Å²) in [7, 11) is 0. The molecule has 1 aromatic rings. The van der Waals surface area contributed by atoms with Crippen LogP contribution in [0.3, 0.4) is 0 Å². The summed E-state index contributed by atoms with van der Waals surface area (Å²) in [5.74, 6) is 1.11. The van der Waals surface area contributed by atoms with Crippen molar-refractivity contribution in [1.29, 1.82) is 0 Å². The highest BCUT2D eigenvalue weighted by Gasteiger charge is 2.29. The first-order valence-corrected chi connectivity index (χ1v) is 4.76. The minimum atomic E-state index is -0.558. The predicted molar refractivity (Wildman–Crippen MR) is 56.0 cm³/mol. The van der Waals surface area contributed by atoms with E-state index >= 15 is 0 Å². The van der Waals surface area contributed by atoms with Crippen LogP contribution in [-0.4, -0.2) is 18.5 Å². The summed E-state index contributed by atoms with van der Waals surface area (Å²) in [4.78, 5) is 11.9. The van der Waals surface area contributed by atoms with Crippen LogP contribution in [0.25, 0.3) is 0 Å². The van der Waals surface area contributed by atoms with Gasteiger partial charge in [0, 0.05) is 0 Å². The lowest BCUT2D eigenvalue weighted by molar-refractivity contribution is 0.0424. The molecule has 0 aliphatic carbocycles. The normalized spacial score (nSPS) is 19.0. The summed E-state index contributed by atoms with van der Waals surface area (Å²) in [6, 6.07) is 7.17. The van der Waals surface area contributed by atoms with Crippen LogP contribution >= 0.6 is 0 Å². The standard InChI is InChI=1S/C12H12O3/c1-8(2)15-11-7-14-10-6-4-3-5-9(10)12(11)13/h3-6,11H,1,7H2,2H3. The maximum absolute atomic E-state index is 11.9. The Hall–Kier alpha value is -1.77. The van der Waals surface area contributed by atoms with Crippen LogP contribution in [0, 0.1) is 0 Å². The molecule has 1 aliphatic heterocycles. The zero-order chi connectivity index (χ0) is 10.8. The molecular formula is C12H12O3. The maximum atomic E-state index is 11.9. The van der Waals surface area contributed by atoms with E-state index in [4.69, 9.17) is 9.47 Å². The summed E-state index contributed by atoms with van der Waals surface area (Å²) >= 11 is 0. The number of hydrogen-bond donors (Lipinski definition) is 0. The van der Waals surface area contributed by atoms with Crippen molar-refractivity contribution in [2.24, 2.45) is 0 Å². The molecule has 3 nitrogen and oxygen atoms in total. The highest BCUT2D eigenvalue weighted by Crippen LogP contribution is 2.25. The molecule has 0 fully saturated rings. The van der Waals surface area contributed by atoms with Crippen LogP contribution in [-0.2, 0) is 4.74 Å². The molecule has 15 heavy (non-hydrogen) atoms. The Labute approximate surface area is 88.3 Å². The van der Waals surface area contributed by atoms with Gasteiger partial charge in [0.05, 0.1) is 11.3 Å². The minimum Gasteiger partial charge on any atom is -0.488 e. The summed E-state index contributed by atoms with van der Waals surface area (Å²) in [6.07, 6.45) is -0.558. The number of rotatable bonds is 2. The van der Waals surface area contributed by atoms with Gasteiger partial charge >= 0.3 is 0 Å². The van der Waals surface area contributed by atoms with Crippen LogP contribution in [0.15, 0.2) is 36.6 Å². The second kappa shape index (κ2) is 3.77. The lowest BCUT2D eigenvalue weighted by Crippen LogP contribution is -2.34. The van der Waals surface area contributed by atoms with Crippen LogP contribution in [0.4, 0.5) is 0 Å². The van der Waals surface area contributed by atoms with E-state index in [0.717, 1.165) is 0 Å². The number of hydrogen-bond acceptors (Lipinski definition) is 3. The fourth-order valence-corrected chi connectivity index (χ4v) is 1.54. The Morgan fingerprint density at radius 3 is 3.00 bits per heavy atom. The first-order chi connectivity index (χ1) is 7.18. The number of ketones is 1. The Morgan fingerprint density at radius 2 is 2.27 bits per heavy atom. The van der Waals surface area contributed by atoms with Crippen LogP contribution in [0.2, 0.25) is 0 Å². The molecule has 0 aromatic heterocycles. The zero-order valence-corrected chi connectivity index (χ0v) is 8.53. The number of carbonyl (C=O) groups is 1. The Kier molecular flexibility index (Phi) is 2.46. The molecule has 78 valence electrons. The Bertz CT molecular complexity index is 409. The number of allylic oxidation sites excluding steroid dienone is 1. The molecule has 0 spiro atoms. The van der Waals surface area contributed by atoms with Gasteiger partial charge in [0.25, 0.3) is 0 Å². The lowest BCUT2D eigenvalue weighted by atomic mass is 10.0. The van der Waals surface area contributed by atoms with Crippen molar-refractivity contribution in [1.82, 2.24) is 0 Å². The van der Waals surface area contributed by atoms with E-state index in [0.29, 0.717) is 17.1 Å². The van der Waals surface area contributed by atoms with Crippen molar-refractivity contribution in [3.63, 3.8) is 0 Å². The van der Waals surface area contributed by atoms with Gasteiger partial charge in [-0.2, -0.15) is 0 Å². The van der Waals surface area contributed by atoms with Gasteiger partial charge in [-0.05, 0) is 19.1 Å². The molecule has 0 N–H and O–H groups in total. The van der Waals surface area contributed by atoms with Gasteiger partial charge in [-0.25, -0.2) is 0 Å². The highest BCUT2D eigenvalue weighted by atomic mass is 16.5. The fourth-order valence-electron chi connectivity index (χ4n) is 1.54. The molecule has 1 unspecified atom stereocenters. The van der Waals surface area contributed by atoms with Gasteiger partial charge in [-0.1, -0.05) is 18.7 Å². The van der Waals surface area contributed by atoms with E-state index in [9.17, 15) is 4.79 Å². The minimum absolute atomic E-state index is 0.0418. The third kappa shape index (κ3) is 1.86. The molecule has 0 radical (unpaired) electrons. The molecule has 1 aromatic carbocycles. The number of Topliss-reactive ketones (excluding diaryl/α,β-unsaturated/α-hetero) is 1. The predicted octanol–water partition coefficient (Wildman–Crippen LogP) is 2.18. The van der Waals surface area contributed by atoms with Crippen molar-refractivity contribution >= 4 is 5.78 Å². The molecule has 0 bridgehead atoms. The van der Waals surface area contributed by atoms with Crippen LogP contribution in [0.1, 0.15) is 17.3 Å². The molecule has 1 aliphatic rings. The van der Waals surface area contributed by atoms with Crippen molar-refractivity contribution in [3.05, 3.63) is 42.2 Å². The SMILES string of the molecule is C=C(C)OC1COc2ccccc2C1=O. The molecule has 1 atom stereocenters. The van der Waals surface area contributed by atoms with Gasteiger partial charge in [-0.3, -0.25) is 4.79 Å². The van der Waals surface area contributed by atoms with Gasteiger partial charge in [0.2, 0.25) is 5.78 Å². The fraction of sp³-hybridized carbons (Fsp3) is 0.250. The Morgan fingerprint density at radius 1 is 1.53 bits per heavy atom. The third-order valence-electron chi connectivity index (χ3n) is 2.18. The second-order valence-corrected chi connectivity index (χ2v) is 3.48. The number of carbonyl (C=O) groups excluding carboxylic acids is 1. The van der Waals surface area contributed by atoms with Crippen molar-refractivity contribution < 1.29 is 14.3 Å². The zero-order valence-electron chi connectivity index (χ0n) is 8.53. The van der Waals surface area contributed by atoms with E-state index in [-0.39, 0.29) is 12.4 Å². The van der Waals surface area contributed by atoms with Crippen molar-refractivity contribution in [2.75, 3.05) is 6.61 Å². The smallest absolute Gasteiger partial charge is 0.210 e. The highest BCUT2D eigenvalue weighted by molar-refractivity contribution is 6.02. The van der Waals surface area contributed by atoms with Crippen molar-refractivity contribution in [2.45, 2.75) is 13.0 Å². The summed E-state index contributed by atoms with van der Waals surface area (Å²) in [6.45, 7) is 5.58. The molecule has 0 amide bonds. The summed E-state index contributed by atoms with van der Waals surface area (Å²) in [5.41, 5.74) is 0.579. The maximum Gasteiger partial charge on any atom is 0.210 e. The number of ether oxygens (including phenoxy) is 2. The Balaban J connectivity index is 2.26. The quantitative estimate of drug-likeness (QED) is 0.692. The lowest BCUT2D eigenvalue weighted by Gasteiger charge is -2.24. The first-order valence-electron chi connectivity index (χ1n) is 4.76. The average Bonchev–Trinajstić information content (AvgIpc) is 2.22.